The number of benzene rings is 1. The van der Waals surface area contributed by atoms with E-state index in [-0.39, 0.29) is 11.3 Å². The first-order valence-electron chi connectivity index (χ1n) is 7.45. The van der Waals surface area contributed by atoms with Crippen LogP contribution < -0.4 is 0 Å². The second-order valence-corrected chi connectivity index (χ2v) is 7.09. The van der Waals surface area contributed by atoms with Gasteiger partial charge in [0, 0.05) is 5.92 Å². The molecule has 4 nitrogen and oxygen atoms in total. The third-order valence-corrected chi connectivity index (χ3v) is 5.68. The Morgan fingerprint density at radius 2 is 2.10 bits per heavy atom. The number of aromatic nitrogens is 2. The van der Waals surface area contributed by atoms with Gasteiger partial charge in [0.1, 0.15) is 5.82 Å². The normalized spacial score (nSPS) is 28.1. The average Bonchev–Trinajstić information content (AvgIpc) is 2.89. The molecule has 2 N–H and O–H groups in total. The standard InChI is InChI=1S/C17H22N2O2/c1-10-5-6-12-13(9-10)19-14(18-12)11-7-8-17(4,15(20)21)16(11,2)3/h5-6,9,11H,7-8H2,1-4H3,(H,18,19)(H,20,21). The van der Waals surface area contributed by atoms with Gasteiger partial charge in [0.15, 0.2) is 0 Å². The molecule has 1 saturated carbocycles. The van der Waals surface area contributed by atoms with Crippen molar-refractivity contribution >= 4 is 17.0 Å². The summed E-state index contributed by atoms with van der Waals surface area (Å²) in [5.41, 5.74) is 2.15. The van der Waals surface area contributed by atoms with Gasteiger partial charge in [-0.2, -0.15) is 0 Å². The number of carboxylic acid groups (broad SMARTS) is 1. The maximum Gasteiger partial charge on any atom is 0.309 e. The maximum absolute atomic E-state index is 11.7. The number of aromatic amines is 1. The van der Waals surface area contributed by atoms with Crippen LogP contribution in [0.15, 0.2) is 18.2 Å². The van der Waals surface area contributed by atoms with E-state index >= 15 is 0 Å². The maximum atomic E-state index is 11.7. The van der Waals surface area contributed by atoms with Crippen LogP contribution in [0.4, 0.5) is 0 Å². The molecule has 1 aromatic heterocycles. The van der Waals surface area contributed by atoms with Gasteiger partial charge in [0.25, 0.3) is 0 Å². The van der Waals surface area contributed by atoms with Gasteiger partial charge in [-0.15, -0.1) is 0 Å². The lowest BCUT2D eigenvalue weighted by atomic mass is 9.65. The molecule has 4 heteroatoms. The van der Waals surface area contributed by atoms with Crippen LogP contribution >= 0.6 is 0 Å². The Hall–Kier alpha value is -1.84. The van der Waals surface area contributed by atoms with Crippen molar-refractivity contribution in [2.24, 2.45) is 10.8 Å². The summed E-state index contributed by atoms with van der Waals surface area (Å²) >= 11 is 0. The molecule has 0 aliphatic heterocycles. The molecule has 2 atom stereocenters. The summed E-state index contributed by atoms with van der Waals surface area (Å²) in [6.07, 6.45) is 1.55. The first-order chi connectivity index (χ1) is 9.75. The molecule has 0 spiro atoms. The summed E-state index contributed by atoms with van der Waals surface area (Å²) in [4.78, 5) is 19.8. The van der Waals surface area contributed by atoms with Crippen molar-refractivity contribution in [3.8, 4) is 0 Å². The summed E-state index contributed by atoms with van der Waals surface area (Å²) in [5.74, 6) is 0.360. The monoisotopic (exact) mass is 286 g/mol. The number of hydrogen-bond donors (Lipinski definition) is 2. The molecule has 0 radical (unpaired) electrons. The zero-order chi connectivity index (χ0) is 15.4. The SMILES string of the molecule is Cc1ccc2nc(C3CCC(C)(C(=O)O)C3(C)C)[nH]c2c1. The summed E-state index contributed by atoms with van der Waals surface area (Å²) in [6, 6.07) is 6.15. The summed E-state index contributed by atoms with van der Waals surface area (Å²) in [6.45, 7) is 8.03. The topological polar surface area (TPSA) is 66.0 Å². The first-order valence-corrected chi connectivity index (χ1v) is 7.45. The van der Waals surface area contributed by atoms with Crippen LogP contribution in [0.1, 0.15) is 50.9 Å². The number of carbonyl (C=O) groups is 1. The van der Waals surface area contributed by atoms with E-state index in [1.165, 1.54) is 5.56 Å². The number of nitrogens with zero attached hydrogens (tertiary/aromatic N) is 1. The Balaban J connectivity index is 2.05. The molecule has 1 aromatic carbocycles. The summed E-state index contributed by atoms with van der Waals surface area (Å²) < 4.78 is 0. The Morgan fingerprint density at radius 3 is 2.71 bits per heavy atom. The Labute approximate surface area is 124 Å². The minimum atomic E-state index is -0.707. The van der Waals surface area contributed by atoms with Crippen molar-refractivity contribution in [2.45, 2.75) is 46.5 Å². The molecule has 1 aliphatic carbocycles. The lowest BCUT2D eigenvalue weighted by molar-refractivity contribution is -0.153. The molecular formula is C17H22N2O2. The number of aliphatic carboxylic acids is 1. The zero-order valence-electron chi connectivity index (χ0n) is 13.0. The van der Waals surface area contributed by atoms with Crippen molar-refractivity contribution in [1.29, 1.82) is 0 Å². The van der Waals surface area contributed by atoms with E-state index in [0.717, 1.165) is 23.3 Å². The smallest absolute Gasteiger partial charge is 0.309 e. The van der Waals surface area contributed by atoms with Gasteiger partial charge >= 0.3 is 5.97 Å². The molecule has 0 saturated heterocycles. The van der Waals surface area contributed by atoms with Gasteiger partial charge in [-0.1, -0.05) is 19.9 Å². The number of rotatable bonds is 2. The van der Waals surface area contributed by atoms with E-state index in [2.05, 4.69) is 31.8 Å². The van der Waals surface area contributed by atoms with Gasteiger partial charge < -0.3 is 10.1 Å². The number of carboxylic acids is 1. The lowest BCUT2D eigenvalue weighted by Crippen LogP contribution is -2.40. The number of nitrogens with one attached hydrogen (secondary N) is 1. The Morgan fingerprint density at radius 1 is 1.38 bits per heavy atom. The highest BCUT2D eigenvalue weighted by Gasteiger charge is 2.57. The Bertz CT molecular complexity index is 717. The lowest BCUT2D eigenvalue weighted by Gasteiger charge is -2.37. The average molecular weight is 286 g/mol. The first kappa shape index (κ1) is 14.1. The van der Waals surface area contributed by atoms with Crippen molar-refractivity contribution in [1.82, 2.24) is 9.97 Å². The third kappa shape index (κ3) is 1.88. The molecule has 1 aliphatic rings. The van der Waals surface area contributed by atoms with E-state index in [4.69, 9.17) is 4.98 Å². The van der Waals surface area contributed by atoms with E-state index in [0.29, 0.717) is 6.42 Å². The fourth-order valence-electron chi connectivity index (χ4n) is 3.67. The molecular weight excluding hydrogens is 264 g/mol. The Kier molecular flexibility index (Phi) is 2.91. The molecule has 2 unspecified atom stereocenters. The fourth-order valence-corrected chi connectivity index (χ4v) is 3.67. The molecule has 112 valence electrons. The zero-order valence-corrected chi connectivity index (χ0v) is 13.0. The predicted molar refractivity (Wildman–Crippen MR) is 82.3 cm³/mol. The van der Waals surface area contributed by atoms with Crippen molar-refractivity contribution in [2.75, 3.05) is 0 Å². The molecule has 1 heterocycles. The van der Waals surface area contributed by atoms with Crippen LogP contribution in [0.5, 0.6) is 0 Å². The third-order valence-electron chi connectivity index (χ3n) is 5.68. The van der Waals surface area contributed by atoms with E-state index in [9.17, 15) is 9.90 Å². The van der Waals surface area contributed by atoms with Crippen LogP contribution in [0.2, 0.25) is 0 Å². The number of aryl methyl sites for hydroxylation is 1. The van der Waals surface area contributed by atoms with Crippen molar-refractivity contribution < 1.29 is 9.90 Å². The van der Waals surface area contributed by atoms with E-state index in [1.807, 2.05) is 19.1 Å². The molecule has 0 bridgehead atoms. The van der Waals surface area contributed by atoms with Crippen LogP contribution in [-0.4, -0.2) is 21.0 Å². The van der Waals surface area contributed by atoms with Crippen LogP contribution in [0.25, 0.3) is 11.0 Å². The molecule has 1 fully saturated rings. The second kappa shape index (κ2) is 4.33. The quantitative estimate of drug-likeness (QED) is 0.880. The van der Waals surface area contributed by atoms with Crippen LogP contribution in [-0.2, 0) is 4.79 Å². The minimum Gasteiger partial charge on any atom is -0.481 e. The highest BCUT2D eigenvalue weighted by Crippen LogP contribution is 2.59. The van der Waals surface area contributed by atoms with Crippen molar-refractivity contribution in [3.05, 3.63) is 29.6 Å². The molecule has 21 heavy (non-hydrogen) atoms. The summed E-state index contributed by atoms with van der Waals surface area (Å²) in [5, 5.41) is 9.62. The number of fused-ring (bicyclic) bond motifs is 1. The molecule has 3 rings (SSSR count). The largest absolute Gasteiger partial charge is 0.481 e. The highest BCUT2D eigenvalue weighted by atomic mass is 16.4. The van der Waals surface area contributed by atoms with Gasteiger partial charge in [-0.3, -0.25) is 4.79 Å². The number of H-pyrrole nitrogens is 1. The summed E-state index contributed by atoms with van der Waals surface area (Å²) in [7, 11) is 0. The van der Waals surface area contributed by atoms with Gasteiger partial charge in [0.2, 0.25) is 0 Å². The highest BCUT2D eigenvalue weighted by molar-refractivity contribution is 5.77. The van der Waals surface area contributed by atoms with E-state index < -0.39 is 11.4 Å². The van der Waals surface area contributed by atoms with Crippen LogP contribution in [0, 0.1) is 17.8 Å². The number of hydrogen-bond acceptors (Lipinski definition) is 2. The number of imidazole rings is 1. The van der Waals surface area contributed by atoms with Gasteiger partial charge in [-0.25, -0.2) is 4.98 Å². The predicted octanol–water partition coefficient (Wildman–Crippen LogP) is 3.87. The van der Waals surface area contributed by atoms with Gasteiger partial charge in [0.05, 0.1) is 16.4 Å². The molecule has 2 aromatic rings. The fraction of sp³-hybridized carbons (Fsp3) is 0.529. The van der Waals surface area contributed by atoms with Crippen molar-refractivity contribution in [3.63, 3.8) is 0 Å². The van der Waals surface area contributed by atoms with E-state index in [1.54, 1.807) is 0 Å². The molecule has 0 amide bonds. The van der Waals surface area contributed by atoms with Crippen LogP contribution in [0.3, 0.4) is 0 Å². The minimum absolute atomic E-state index is 0.145. The van der Waals surface area contributed by atoms with Gasteiger partial charge in [-0.05, 0) is 49.8 Å². The second-order valence-electron chi connectivity index (χ2n) is 7.09.